The summed E-state index contributed by atoms with van der Waals surface area (Å²) in [5.74, 6) is 0. The fourth-order valence-corrected chi connectivity index (χ4v) is 4.49. The number of methoxy groups -OCH3 is 1. The van der Waals surface area contributed by atoms with Crippen LogP contribution in [0.15, 0.2) is 97.1 Å². The molecule has 0 saturated heterocycles. The first-order valence-corrected chi connectivity index (χ1v) is 10.6. The van der Waals surface area contributed by atoms with Crippen LogP contribution in [0.4, 0.5) is 22.7 Å². The Bertz CT molecular complexity index is 1220. The lowest BCUT2D eigenvalue weighted by Crippen LogP contribution is -2.40. The van der Waals surface area contributed by atoms with Crippen molar-refractivity contribution in [1.82, 2.24) is 0 Å². The lowest BCUT2D eigenvalue weighted by atomic mass is 9.99. The maximum absolute atomic E-state index is 6.10. The Balaban J connectivity index is 1.73. The smallest absolute Gasteiger partial charge is 0.218 e. The fraction of sp³-hybridized carbons (Fsp3) is 0.143. The number of hydrogen-bond donors (Lipinski definition) is 0. The zero-order valence-electron chi connectivity index (χ0n) is 18.1. The molecule has 0 N–H and O–H groups in total. The normalized spacial score (nSPS) is 15.3. The highest BCUT2D eigenvalue weighted by Gasteiger charge is 2.38. The van der Waals surface area contributed by atoms with Gasteiger partial charge in [0.15, 0.2) is 0 Å². The summed E-state index contributed by atoms with van der Waals surface area (Å²) >= 11 is 0. The van der Waals surface area contributed by atoms with E-state index < -0.39 is 0 Å². The minimum atomic E-state index is -0.273. The largest absolute Gasteiger partial charge is 0.343 e. The van der Waals surface area contributed by atoms with Gasteiger partial charge in [-0.05, 0) is 66.4 Å². The summed E-state index contributed by atoms with van der Waals surface area (Å²) in [6, 6.07) is 34.2. The number of benzene rings is 4. The molecule has 1 heterocycles. The Labute approximate surface area is 184 Å². The highest BCUT2D eigenvalue weighted by Crippen LogP contribution is 2.49. The Morgan fingerprint density at radius 3 is 2.00 bits per heavy atom. The number of ether oxygens (including phenoxy) is 1. The second-order valence-electron chi connectivity index (χ2n) is 7.94. The van der Waals surface area contributed by atoms with Gasteiger partial charge in [-0.2, -0.15) is 0 Å². The van der Waals surface area contributed by atoms with E-state index in [1.54, 1.807) is 7.11 Å². The van der Waals surface area contributed by atoms with Crippen molar-refractivity contribution in [3.8, 4) is 11.1 Å². The van der Waals surface area contributed by atoms with E-state index in [1.165, 1.54) is 22.3 Å². The molecule has 0 bridgehead atoms. The molecule has 0 amide bonds. The van der Waals surface area contributed by atoms with Crippen LogP contribution in [0, 0.1) is 13.8 Å². The number of anilines is 4. The quantitative estimate of drug-likeness (QED) is 0.357. The summed E-state index contributed by atoms with van der Waals surface area (Å²) in [7, 11) is 1.78. The molecular formula is C28H26N2O. The van der Waals surface area contributed by atoms with Crippen molar-refractivity contribution in [3.05, 3.63) is 108 Å². The minimum absolute atomic E-state index is 0.273. The lowest BCUT2D eigenvalue weighted by Gasteiger charge is -2.32. The van der Waals surface area contributed by atoms with Gasteiger partial charge in [0, 0.05) is 18.5 Å². The molecule has 1 unspecified atom stereocenters. The van der Waals surface area contributed by atoms with Crippen LogP contribution in [0.5, 0.6) is 0 Å². The van der Waals surface area contributed by atoms with Crippen molar-refractivity contribution in [2.75, 3.05) is 16.9 Å². The van der Waals surface area contributed by atoms with Crippen molar-refractivity contribution in [3.63, 3.8) is 0 Å². The minimum Gasteiger partial charge on any atom is -0.343 e. The molecule has 31 heavy (non-hydrogen) atoms. The summed E-state index contributed by atoms with van der Waals surface area (Å²) in [6.07, 6.45) is -0.273. The highest BCUT2D eigenvalue weighted by molar-refractivity contribution is 5.91. The van der Waals surface area contributed by atoms with E-state index in [4.69, 9.17) is 4.74 Å². The first-order valence-electron chi connectivity index (χ1n) is 10.6. The summed E-state index contributed by atoms with van der Waals surface area (Å²) in [5.41, 5.74) is 9.48. The van der Waals surface area contributed by atoms with Gasteiger partial charge in [0.05, 0.1) is 11.4 Å². The lowest BCUT2D eigenvalue weighted by molar-refractivity contribution is 0.119. The van der Waals surface area contributed by atoms with Gasteiger partial charge < -0.3 is 4.74 Å². The molecule has 154 valence electrons. The molecule has 3 heteroatoms. The maximum atomic E-state index is 6.10. The second kappa shape index (κ2) is 7.93. The maximum Gasteiger partial charge on any atom is 0.218 e. The van der Waals surface area contributed by atoms with E-state index in [-0.39, 0.29) is 6.35 Å². The average Bonchev–Trinajstić information content (AvgIpc) is 3.13. The van der Waals surface area contributed by atoms with Crippen molar-refractivity contribution >= 4 is 22.7 Å². The Hall–Kier alpha value is -3.56. The van der Waals surface area contributed by atoms with E-state index in [0.29, 0.717) is 0 Å². The molecule has 5 rings (SSSR count). The summed E-state index contributed by atoms with van der Waals surface area (Å²) in [6.45, 7) is 4.31. The van der Waals surface area contributed by atoms with Crippen LogP contribution in [0.3, 0.4) is 0 Å². The van der Waals surface area contributed by atoms with E-state index in [1.807, 2.05) is 6.07 Å². The predicted molar refractivity (Wildman–Crippen MR) is 129 cm³/mol. The molecule has 0 fully saturated rings. The summed E-state index contributed by atoms with van der Waals surface area (Å²) < 4.78 is 6.10. The van der Waals surface area contributed by atoms with Crippen LogP contribution in [0.25, 0.3) is 11.1 Å². The molecule has 1 atom stereocenters. The molecule has 1 aliphatic rings. The van der Waals surface area contributed by atoms with Gasteiger partial charge in [0.2, 0.25) is 6.35 Å². The van der Waals surface area contributed by atoms with Crippen LogP contribution in [0.1, 0.15) is 11.1 Å². The SMILES string of the molecule is COC1N(c2ccccc2)c2cc(-c3ccccc3C)ccc2N1c1ccccc1C. The van der Waals surface area contributed by atoms with Crippen LogP contribution in [0.2, 0.25) is 0 Å². The standard InChI is InChI=1S/C28H26N2O/c1-20-11-7-9-15-24(20)22-17-18-26-27(19-22)29(23-13-5-4-6-14-23)28(31-3)30(26)25-16-10-8-12-21(25)2/h4-19,28H,1-3H3. The fourth-order valence-electron chi connectivity index (χ4n) is 4.49. The van der Waals surface area contributed by atoms with E-state index in [2.05, 4.69) is 115 Å². The third-order valence-electron chi connectivity index (χ3n) is 6.01. The van der Waals surface area contributed by atoms with Gasteiger partial charge in [0.1, 0.15) is 0 Å². The molecule has 0 aliphatic carbocycles. The molecule has 0 aromatic heterocycles. The van der Waals surface area contributed by atoms with Gasteiger partial charge in [-0.1, -0.05) is 66.7 Å². The number of nitrogens with zero attached hydrogens (tertiary/aromatic N) is 2. The van der Waals surface area contributed by atoms with E-state index in [9.17, 15) is 0 Å². The number of fused-ring (bicyclic) bond motifs is 1. The third kappa shape index (κ3) is 3.28. The Morgan fingerprint density at radius 2 is 1.29 bits per heavy atom. The van der Waals surface area contributed by atoms with Crippen LogP contribution in [-0.4, -0.2) is 13.5 Å². The predicted octanol–water partition coefficient (Wildman–Crippen LogP) is 7.19. The first-order chi connectivity index (χ1) is 15.2. The van der Waals surface area contributed by atoms with Crippen molar-refractivity contribution in [1.29, 1.82) is 0 Å². The monoisotopic (exact) mass is 406 g/mol. The first kappa shape index (κ1) is 19.4. The topological polar surface area (TPSA) is 15.7 Å². The Kier molecular flexibility index (Phi) is 4.97. The van der Waals surface area contributed by atoms with Crippen LogP contribution in [-0.2, 0) is 4.74 Å². The highest BCUT2D eigenvalue weighted by atomic mass is 16.5. The van der Waals surface area contributed by atoms with Gasteiger partial charge in [-0.15, -0.1) is 0 Å². The zero-order chi connectivity index (χ0) is 21.4. The molecular weight excluding hydrogens is 380 g/mol. The number of hydrogen-bond acceptors (Lipinski definition) is 3. The van der Waals surface area contributed by atoms with E-state index in [0.717, 1.165) is 22.7 Å². The average molecular weight is 407 g/mol. The molecule has 1 aliphatic heterocycles. The summed E-state index contributed by atoms with van der Waals surface area (Å²) in [4.78, 5) is 4.57. The molecule has 0 radical (unpaired) electrons. The zero-order valence-corrected chi connectivity index (χ0v) is 18.1. The van der Waals surface area contributed by atoms with Gasteiger partial charge >= 0.3 is 0 Å². The van der Waals surface area contributed by atoms with Crippen molar-refractivity contribution < 1.29 is 4.74 Å². The Morgan fingerprint density at radius 1 is 0.613 bits per heavy atom. The van der Waals surface area contributed by atoms with Gasteiger partial charge in [0.25, 0.3) is 0 Å². The number of aryl methyl sites for hydroxylation is 2. The molecule has 4 aromatic carbocycles. The van der Waals surface area contributed by atoms with Crippen LogP contribution >= 0.6 is 0 Å². The number of para-hydroxylation sites is 2. The third-order valence-corrected chi connectivity index (χ3v) is 6.01. The molecule has 0 saturated carbocycles. The van der Waals surface area contributed by atoms with Crippen molar-refractivity contribution in [2.24, 2.45) is 0 Å². The molecule has 4 aromatic rings. The molecule has 3 nitrogen and oxygen atoms in total. The van der Waals surface area contributed by atoms with Gasteiger partial charge in [-0.25, -0.2) is 0 Å². The number of rotatable bonds is 4. The van der Waals surface area contributed by atoms with Crippen molar-refractivity contribution in [2.45, 2.75) is 20.2 Å². The van der Waals surface area contributed by atoms with Gasteiger partial charge in [-0.3, -0.25) is 9.80 Å². The van der Waals surface area contributed by atoms with E-state index >= 15 is 0 Å². The van der Waals surface area contributed by atoms with Crippen LogP contribution < -0.4 is 9.80 Å². The molecule has 0 spiro atoms. The summed E-state index contributed by atoms with van der Waals surface area (Å²) in [5, 5.41) is 0. The second-order valence-corrected chi connectivity index (χ2v) is 7.94.